The normalized spacial score (nSPS) is 9.64. The van der Waals surface area contributed by atoms with Gasteiger partial charge in [-0.2, -0.15) is 0 Å². The van der Waals surface area contributed by atoms with Crippen LogP contribution in [0.1, 0.15) is 10.4 Å². The van der Waals surface area contributed by atoms with Gasteiger partial charge in [-0.3, -0.25) is 4.79 Å². The van der Waals surface area contributed by atoms with Crippen molar-refractivity contribution in [3.8, 4) is 0 Å². The molecule has 1 rings (SSSR count). The summed E-state index contributed by atoms with van der Waals surface area (Å²) in [5, 5.41) is 0.330. The monoisotopic (exact) mass is 232 g/mol. The van der Waals surface area contributed by atoms with Crippen LogP contribution in [-0.4, -0.2) is 5.91 Å². The Hall–Kier alpha value is -0.540. The second kappa shape index (κ2) is 3.24. The fourth-order valence-corrected chi connectivity index (χ4v) is 1.18. The van der Waals surface area contributed by atoms with E-state index in [2.05, 4.69) is 22.0 Å². The number of carbonyl (C=O) groups is 1. The summed E-state index contributed by atoms with van der Waals surface area (Å²) in [6, 6.07) is 5.79. The molecular formula is C7H4BrClNO. The highest BCUT2D eigenvalue weighted by Gasteiger charge is 2.07. The zero-order valence-corrected chi connectivity index (χ0v) is 7.74. The van der Waals surface area contributed by atoms with Gasteiger partial charge in [-0.05, 0) is 34.1 Å². The molecule has 0 heterocycles. The first-order valence-corrected chi connectivity index (χ1v) is 3.95. The van der Waals surface area contributed by atoms with Gasteiger partial charge in [-0.15, -0.1) is 0 Å². The quantitative estimate of drug-likeness (QED) is 0.792. The summed E-state index contributed by atoms with van der Waals surface area (Å²) in [6.07, 6.45) is 0. The number of nitrogens with two attached hydrogens (primary N) is 1. The summed E-state index contributed by atoms with van der Waals surface area (Å²) in [7, 11) is 0. The zero-order valence-electron chi connectivity index (χ0n) is 5.40. The van der Waals surface area contributed by atoms with E-state index in [1.165, 1.54) is 6.07 Å². The first-order valence-electron chi connectivity index (χ1n) is 2.78. The first kappa shape index (κ1) is 8.56. The largest absolute Gasteiger partial charge is 0.366 e. The number of halogens is 2. The molecule has 0 aliphatic carbocycles. The van der Waals surface area contributed by atoms with Crippen molar-refractivity contribution in [2.45, 2.75) is 0 Å². The number of hydrogen-bond acceptors (Lipinski definition) is 1. The van der Waals surface area contributed by atoms with E-state index in [-0.39, 0.29) is 5.56 Å². The van der Waals surface area contributed by atoms with Crippen molar-refractivity contribution in [3.63, 3.8) is 0 Å². The molecule has 1 aromatic rings. The van der Waals surface area contributed by atoms with Crippen molar-refractivity contribution in [1.29, 1.82) is 0 Å². The van der Waals surface area contributed by atoms with E-state index in [4.69, 9.17) is 17.3 Å². The third kappa shape index (κ3) is 1.73. The van der Waals surface area contributed by atoms with Crippen LogP contribution >= 0.6 is 27.5 Å². The van der Waals surface area contributed by atoms with Gasteiger partial charge in [0, 0.05) is 4.47 Å². The summed E-state index contributed by atoms with van der Waals surface area (Å²) < 4.78 is 0.621. The molecule has 2 N–H and O–H groups in total. The van der Waals surface area contributed by atoms with Crippen molar-refractivity contribution < 1.29 is 4.79 Å². The van der Waals surface area contributed by atoms with Crippen molar-refractivity contribution in [1.82, 2.24) is 0 Å². The van der Waals surface area contributed by atoms with Crippen LogP contribution in [0.5, 0.6) is 0 Å². The Morgan fingerprint density at radius 1 is 1.64 bits per heavy atom. The average Bonchev–Trinajstić information content (AvgIpc) is 1.94. The molecule has 57 valence electrons. The van der Waals surface area contributed by atoms with Gasteiger partial charge in [0.05, 0.1) is 10.6 Å². The minimum absolute atomic E-state index is 0.279. The molecule has 0 saturated heterocycles. The van der Waals surface area contributed by atoms with E-state index >= 15 is 0 Å². The molecule has 0 aromatic heterocycles. The van der Waals surface area contributed by atoms with Gasteiger partial charge < -0.3 is 5.73 Å². The van der Waals surface area contributed by atoms with Crippen LogP contribution in [0.15, 0.2) is 16.6 Å². The summed E-state index contributed by atoms with van der Waals surface area (Å²) in [4.78, 5) is 10.7. The number of benzene rings is 1. The fourth-order valence-electron chi connectivity index (χ4n) is 0.633. The molecule has 0 fully saturated rings. The maximum atomic E-state index is 10.7. The number of rotatable bonds is 1. The standard InChI is InChI=1S/C7H4BrClNO/c8-5-3-1-2-4(6(5)9)7(10)11/h2-3H,(H2,10,11). The molecular weight excluding hydrogens is 229 g/mol. The molecule has 0 bridgehead atoms. The smallest absolute Gasteiger partial charge is 0.250 e. The first-order chi connectivity index (χ1) is 5.13. The molecule has 1 radical (unpaired) electrons. The second-order valence-electron chi connectivity index (χ2n) is 1.90. The molecule has 0 atom stereocenters. The third-order valence-corrected chi connectivity index (χ3v) is 2.41. The maximum absolute atomic E-state index is 10.7. The van der Waals surface area contributed by atoms with E-state index in [0.29, 0.717) is 9.50 Å². The average molecular weight is 233 g/mol. The highest BCUT2D eigenvalue weighted by molar-refractivity contribution is 9.10. The Morgan fingerprint density at radius 3 is 2.73 bits per heavy atom. The van der Waals surface area contributed by atoms with E-state index in [1.54, 1.807) is 6.07 Å². The second-order valence-corrected chi connectivity index (χ2v) is 3.13. The SMILES string of the molecule is NC(=O)c1c[c]cc(Br)c1Cl. The van der Waals surface area contributed by atoms with E-state index < -0.39 is 5.91 Å². The molecule has 0 saturated carbocycles. The van der Waals surface area contributed by atoms with Gasteiger partial charge >= 0.3 is 0 Å². The molecule has 0 aliphatic rings. The van der Waals surface area contributed by atoms with Gasteiger partial charge in [0.1, 0.15) is 0 Å². The lowest BCUT2D eigenvalue weighted by Crippen LogP contribution is -2.11. The molecule has 11 heavy (non-hydrogen) atoms. The van der Waals surface area contributed by atoms with E-state index in [1.807, 2.05) is 0 Å². The Labute approximate surface area is 77.5 Å². The zero-order chi connectivity index (χ0) is 8.43. The minimum Gasteiger partial charge on any atom is -0.366 e. The van der Waals surface area contributed by atoms with Gasteiger partial charge in [0.15, 0.2) is 0 Å². The highest BCUT2D eigenvalue weighted by Crippen LogP contribution is 2.24. The van der Waals surface area contributed by atoms with Gasteiger partial charge in [-0.25, -0.2) is 0 Å². The van der Waals surface area contributed by atoms with Crippen molar-refractivity contribution in [2.24, 2.45) is 5.73 Å². The van der Waals surface area contributed by atoms with Crippen molar-refractivity contribution >= 4 is 33.4 Å². The molecule has 1 amide bonds. The Balaban J connectivity index is 3.27. The summed E-state index contributed by atoms with van der Waals surface area (Å²) in [6.45, 7) is 0. The van der Waals surface area contributed by atoms with Gasteiger partial charge in [0.2, 0.25) is 5.91 Å². The highest BCUT2D eigenvalue weighted by atomic mass is 79.9. The topological polar surface area (TPSA) is 43.1 Å². The van der Waals surface area contributed by atoms with Crippen molar-refractivity contribution in [2.75, 3.05) is 0 Å². The Morgan fingerprint density at radius 2 is 2.27 bits per heavy atom. The van der Waals surface area contributed by atoms with Crippen LogP contribution in [0.25, 0.3) is 0 Å². The molecule has 0 aliphatic heterocycles. The predicted molar refractivity (Wildman–Crippen MR) is 46.5 cm³/mol. The van der Waals surface area contributed by atoms with E-state index in [0.717, 1.165) is 0 Å². The Bertz CT molecular complexity index is 300. The lowest BCUT2D eigenvalue weighted by Gasteiger charge is -1.99. The molecule has 2 nitrogen and oxygen atoms in total. The van der Waals surface area contributed by atoms with Crippen LogP contribution in [0.2, 0.25) is 5.02 Å². The summed E-state index contributed by atoms with van der Waals surface area (Å²) in [5.74, 6) is -0.549. The number of carbonyl (C=O) groups excluding carboxylic acids is 1. The van der Waals surface area contributed by atoms with Crippen LogP contribution < -0.4 is 5.73 Å². The molecule has 0 unspecified atom stereocenters. The minimum atomic E-state index is -0.549. The van der Waals surface area contributed by atoms with Crippen LogP contribution in [-0.2, 0) is 0 Å². The van der Waals surface area contributed by atoms with Gasteiger partial charge in [-0.1, -0.05) is 11.6 Å². The lowest BCUT2D eigenvalue weighted by atomic mass is 10.2. The van der Waals surface area contributed by atoms with Crippen LogP contribution in [0.4, 0.5) is 0 Å². The predicted octanol–water partition coefficient (Wildman–Crippen LogP) is 2.00. The molecule has 1 aromatic carbocycles. The third-order valence-electron chi connectivity index (χ3n) is 1.15. The van der Waals surface area contributed by atoms with Gasteiger partial charge in [0.25, 0.3) is 0 Å². The maximum Gasteiger partial charge on any atom is 0.250 e. The number of primary amides is 1. The van der Waals surface area contributed by atoms with E-state index in [9.17, 15) is 4.79 Å². The Kier molecular flexibility index (Phi) is 2.52. The fraction of sp³-hybridized carbons (Fsp3) is 0. The number of hydrogen-bond donors (Lipinski definition) is 1. The summed E-state index contributed by atoms with van der Waals surface area (Å²) in [5.41, 5.74) is 5.30. The van der Waals surface area contributed by atoms with Crippen LogP contribution in [0.3, 0.4) is 0 Å². The molecule has 4 heteroatoms. The van der Waals surface area contributed by atoms with Crippen LogP contribution in [0, 0.1) is 6.07 Å². The molecule has 0 spiro atoms. The van der Waals surface area contributed by atoms with Crippen molar-refractivity contribution in [3.05, 3.63) is 33.3 Å². The lowest BCUT2D eigenvalue weighted by molar-refractivity contribution is 0.100. The number of amides is 1. The summed E-state index contributed by atoms with van der Waals surface area (Å²) >= 11 is 8.86.